The topological polar surface area (TPSA) is 79.1 Å². The van der Waals surface area contributed by atoms with Crippen LogP contribution in [0.4, 0.5) is 5.95 Å². The highest BCUT2D eigenvalue weighted by molar-refractivity contribution is 5.25. The largest absolute Gasteiger partial charge is 0.390 e. The van der Waals surface area contributed by atoms with Crippen molar-refractivity contribution in [2.24, 2.45) is 7.05 Å². The molecule has 7 nitrogen and oxygen atoms in total. The molecule has 118 valence electrons. The lowest BCUT2D eigenvalue weighted by molar-refractivity contribution is 0.0599. The maximum absolute atomic E-state index is 10.3. The molecule has 2 N–H and O–H groups in total. The fourth-order valence-electron chi connectivity index (χ4n) is 2.80. The molecule has 2 aromatic rings. The van der Waals surface area contributed by atoms with Crippen LogP contribution in [0.1, 0.15) is 12.2 Å². The minimum atomic E-state index is -0.418. The molecule has 0 saturated carbocycles. The summed E-state index contributed by atoms with van der Waals surface area (Å²) in [6.45, 7) is 2.53. The fraction of sp³-hybridized carbons (Fsp3) is 0.533. The monoisotopic (exact) mass is 302 g/mol. The van der Waals surface area contributed by atoms with Crippen molar-refractivity contribution in [1.82, 2.24) is 24.4 Å². The van der Waals surface area contributed by atoms with Crippen LogP contribution in [0.15, 0.2) is 30.9 Å². The Morgan fingerprint density at radius 1 is 1.27 bits per heavy atom. The maximum atomic E-state index is 10.3. The molecule has 0 aliphatic carbocycles. The second kappa shape index (κ2) is 6.85. The van der Waals surface area contributed by atoms with Crippen molar-refractivity contribution in [3.8, 4) is 0 Å². The zero-order valence-electron chi connectivity index (χ0n) is 12.8. The van der Waals surface area contributed by atoms with Gasteiger partial charge in [0.25, 0.3) is 0 Å². The van der Waals surface area contributed by atoms with E-state index in [1.54, 1.807) is 18.5 Å². The van der Waals surface area contributed by atoms with E-state index >= 15 is 0 Å². The Kier molecular flexibility index (Phi) is 4.65. The zero-order chi connectivity index (χ0) is 15.4. The van der Waals surface area contributed by atoms with Crippen molar-refractivity contribution in [2.45, 2.75) is 25.0 Å². The number of nitrogens with zero attached hydrogens (tertiary/aromatic N) is 5. The van der Waals surface area contributed by atoms with Crippen LogP contribution in [0.25, 0.3) is 0 Å². The molecule has 0 aromatic carbocycles. The second-order valence-corrected chi connectivity index (χ2v) is 5.68. The number of aryl methyl sites for hydroxylation is 1. The molecule has 1 aliphatic rings. The summed E-state index contributed by atoms with van der Waals surface area (Å²) in [7, 11) is 2.01. The number of imidazole rings is 1. The standard InChI is InChI=1S/C15H22N6O/c1-20-10-7-16-14(20)4-9-21-8-3-12(13(22)11-21)19-15-17-5-2-6-18-15/h2,5-7,10,12-13,22H,3-4,8-9,11H2,1H3,(H,17,18,19)/t12-,13-/m1/s1. The molecule has 1 fully saturated rings. The van der Waals surface area contributed by atoms with Gasteiger partial charge in [-0.3, -0.25) is 0 Å². The predicted molar refractivity (Wildman–Crippen MR) is 83.4 cm³/mol. The highest BCUT2D eigenvalue weighted by atomic mass is 16.3. The maximum Gasteiger partial charge on any atom is 0.222 e. The van der Waals surface area contributed by atoms with E-state index < -0.39 is 6.10 Å². The van der Waals surface area contributed by atoms with E-state index in [0.717, 1.165) is 31.8 Å². The van der Waals surface area contributed by atoms with E-state index in [0.29, 0.717) is 12.5 Å². The van der Waals surface area contributed by atoms with Gasteiger partial charge >= 0.3 is 0 Å². The van der Waals surface area contributed by atoms with E-state index in [9.17, 15) is 5.11 Å². The first-order valence-electron chi connectivity index (χ1n) is 7.62. The Hall–Kier alpha value is -1.99. The van der Waals surface area contributed by atoms with E-state index in [2.05, 4.69) is 25.2 Å². The summed E-state index contributed by atoms with van der Waals surface area (Å²) in [6, 6.07) is 1.79. The summed E-state index contributed by atoms with van der Waals surface area (Å²) < 4.78 is 2.04. The number of likely N-dealkylation sites (tertiary alicyclic amines) is 1. The number of hydrogen-bond acceptors (Lipinski definition) is 6. The van der Waals surface area contributed by atoms with Crippen molar-refractivity contribution in [3.63, 3.8) is 0 Å². The van der Waals surface area contributed by atoms with Crippen LogP contribution >= 0.6 is 0 Å². The molecule has 2 atom stereocenters. The lowest BCUT2D eigenvalue weighted by Crippen LogP contribution is -2.50. The second-order valence-electron chi connectivity index (χ2n) is 5.68. The van der Waals surface area contributed by atoms with E-state index in [1.807, 2.05) is 24.0 Å². The molecule has 1 aliphatic heterocycles. The lowest BCUT2D eigenvalue weighted by Gasteiger charge is -2.36. The van der Waals surface area contributed by atoms with Crippen LogP contribution in [-0.4, -0.2) is 61.3 Å². The molecule has 0 amide bonds. The predicted octanol–water partition coefficient (Wildman–Crippen LogP) is 0.300. The third kappa shape index (κ3) is 3.61. The van der Waals surface area contributed by atoms with Gasteiger partial charge in [0, 0.05) is 57.9 Å². The van der Waals surface area contributed by atoms with Gasteiger partial charge in [0.1, 0.15) is 5.82 Å². The number of anilines is 1. The summed E-state index contributed by atoms with van der Waals surface area (Å²) in [5, 5.41) is 13.5. The zero-order valence-corrected chi connectivity index (χ0v) is 12.8. The number of aromatic nitrogens is 4. The molecular weight excluding hydrogens is 280 g/mol. The fourth-order valence-corrected chi connectivity index (χ4v) is 2.80. The van der Waals surface area contributed by atoms with Gasteiger partial charge in [-0.1, -0.05) is 0 Å². The Labute approximate surface area is 130 Å². The van der Waals surface area contributed by atoms with Crippen LogP contribution in [0.2, 0.25) is 0 Å². The summed E-state index contributed by atoms with van der Waals surface area (Å²) in [5.41, 5.74) is 0. The minimum absolute atomic E-state index is 0.00631. The highest BCUT2D eigenvalue weighted by Crippen LogP contribution is 2.15. The summed E-state index contributed by atoms with van der Waals surface area (Å²) in [5.74, 6) is 1.65. The Morgan fingerprint density at radius 2 is 2.09 bits per heavy atom. The molecule has 22 heavy (non-hydrogen) atoms. The van der Waals surface area contributed by atoms with Gasteiger partial charge in [0.2, 0.25) is 5.95 Å². The molecule has 7 heteroatoms. The Bertz CT molecular complexity index is 587. The van der Waals surface area contributed by atoms with Crippen molar-refractivity contribution >= 4 is 5.95 Å². The average Bonchev–Trinajstić information content (AvgIpc) is 2.94. The van der Waals surface area contributed by atoms with Crippen LogP contribution in [-0.2, 0) is 13.5 Å². The number of hydrogen-bond donors (Lipinski definition) is 2. The average molecular weight is 302 g/mol. The van der Waals surface area contributed by atoms with Crippen molar-refractivity contribution in [3.05, 3.63) is 36.7 Å². The van der Waals surface area contributed by atoms with Crippen LogP contribution in [0.5, 0.6) is 0 Å². The number of piperidine rings is 1. The molecule has 2 aromatic heterocycles. The molecule has 0 radical (unpaired) electrons. The quantitative estimate of drug-likeness (QED) is 0.827. The third-order valence-electron chi connectivity index (χ3n) is 4.12. The lowest BCUT2D eigenvalue weighted by atomic mass is 10.0. The van der Waals surface area contributed by atoms with E-state index in [1.165, 1.54) is 0 Å². The number of aliphatic hydroxyl groups excluding tert-OH is 1. The van der Waals surface area contributed by atoms with Gasteiger partial charge < -0.3 is 19.9 Å². The molecule has 0 spiro atoms. The van der Waals surface area contributed by atoms with Gasteiger partial charge in [-0.15, -0.1) is 0 Å². The van der Waals surface area contributed by atoms with Crippen LogP contribution in [0.3, 0.4) is 0 Å². The normalized spacial score (nSPS) is 22.6. The Balaban J connectivity index is 1.48. The van der Waals surface area contributed by atoms with Crippen LogP contribution in [0, 0.1) is 0 Å². The first kappa shape index (κ1) is 14.9. The van der Waals surface area contributed by atoms with Crippen LogP contribution < -0.4 is 5.32 Å². The molecule has 0 unspecified atom stereocenters. The summed E-state index contributed by atoms with van der Waals surface area (Å²) in [6.07, 6.45) is 8.53. The SMILES string of the molecule is Cn1ccnc1CCN1CC[C@@H](Nc2ncccn2)[C@H](O)C1. The molecule has 1 saturated heterocycles. The molecule has 3 rings (SSSR count). The van der Waals surface area contributed by atoms with Crippen molar-refractivity contribution < 1.29 is 5.11 Å². The van der Waals surface area contributed by atoms with Gasteiger partial charge in [0.15, 0.2) is 0 Å². The Morgan fingerprint density at radius 3 is 2.77 bits per heavy atom. The van der Waals surface area contributed by atoms with E-state index in [4.69, 9.17) is 0 Å². The molecule has 0 bridgehead atoms. The number of nitrogens with one attached hydrogen (secondary N) is 1. The first-order valence-corrected chi connectivity index (χ1v) is 7.62. The van der Waals surface area contributed by atoms with Gasteiger partial charge in [-0.2, -0.15) is 0 Å². The highest BCUT2D eigenvalue weighted by Gasteiger charge is 2.28. The van der Waals surface area contributed by atoms with Gasteiger partial charge in [0.05, 0.1) is 12.1 Å². The van der Waals surface area contributed by atoms with Crippen molar-refractivity contribution in [2.75, 3.05) is 25.0 Å². The van der Waals surface area contributed by atoms with Gasteiger partial charge in [-0.05, 0) is 12.5 Å². The number of rotatable bonds is 5. The first-order chi connectivity index (χ1) is 10.7. The summed E-state index contributed by atoms with van der Waals surface area (Å²) >= 11 is 0. The smallest absolute Gasteiger partial charge is 0.222 e. The molecular formula is C15H22N6O. The minimum Gasteiger partial charge on any atom is -0.390 e. The third-order valence-corrected chi connectivity index (χ3v) is 4.12. The van der Waals surface area contributed by atoms with Gasteiger partial charge in [-0.25, -0.2) is 15.0 Å². The van der Waals surface area contributed by atoms with E-state index in [-0.39, 0.29) is 6.04 Å². The molecule has 3 heterocycles. The number of β-amino-alcohol motifs (C(OH)–C–C–N with tert-alkyl or cyclic N) is 1. The number of aliphatic hydroxyl groups is 1. The van der Waals surface area contributed by atoms with Crippen molar-refractivity contribution in [1.29, 1.82) is 0 Å². The summed E-state index contributed by atoms with van der Waals surface area (Å²) in [4.78, 5) is 14.9.